The van der Waals surface area contributed by atoms with E-state index < -0.39 is 0 Å². The molecule has 1 saturated heterocycles. The quantitative estimate of drug-likeness (QED) is 0.178. The Morgan fingerprint density at radius 3 is 2.53 bits per heavy atom. The average Bonchev–Trinajstić information content (AvgIpc) is 3.47. The first-order valence-electron chi connectivity index (χ1n) is 17.7. The molecule has 5 aliphatic rings. The molecule has 5 fully saturated rings. The normalized spacial score (nSPS) is 28.1. The summed E-state index contributed by atoms with van der Waals surface area (Å²) in [6.07, 6.45) is 10.7. The minimum atomic E-state index is -0.354. The highest BCUT2D eigenvalue weighted by molar-refractivity contribution is 6.02. The molecule has 11 heteroatoms. The van der Waals surface area contributed by atoms with E-state index in [0.717, 1.165) is 62.2 Å². The first kappa shape index (κ1) is 30.3. The number of nitrogens with one attached hydrogen (secondary N) is 2. The fraction of sp³-hybridized carbons (Fsp3) is 0.447. The SMILES string of the molecule is C=CC(=O)Nc1cc(-c2nn(C3CCN(CCNC(=O)CC45CC6CC7CC(C4)C765)CC3)c3ncnc(N)c23)ccc1Oc1ccccc1. The number of anilines is 2. The lowest BCUT2D eigenvalue weighted by molar-refractivity contribution is -0.430. The number of rotatable bonds is 11. The van der Waals surface area contributed by atoms with Gasteiger partial charge in [-0.3, -0.25) is 9.59 Å². The Kier molecular flexibility index (Phi) is 7.05. The number of hydrogen-bond acceptors (Lipinski definition) is 8. The Morgan fingerprint density at radius 2 is 1.82 bits per heavy atom. The summed E-state index contributed by atoms with van der Waals surface area (Å²) in [5.41, 5.74) is 9.95. The monoisotopic (exact) mass is 658 g/mol. The summed E-state index contributed by atoms with van der Waals surface area (Å²) in [6, 6.07) is 15.1. The molecule has 4 N–H and O–H groups in total. The Bertz CT molecular complexity index is 1940. The maximum absolute atomic E-state index is 13.0. The van der Waals surface area contributed by atoms with E-state index in [-0.39, 0.29) is 17.9 Å². The first-order valence-corrected chi connectivity index (χ1v) is 17.7. The van der Waals surface area contributed by atoms with Crippen molar-refractivity contribution in [2.24, 2.45) is 28.6 Å². The third-order valence-corrected chi connectivity index (χ3v) is 12.7. The molecule has 2 amide bonds. The molecule has 11 nitrogen and oxygen atoms in total. The molecule has 2 aromatic carbocycles. The fourth-order valence-electron chi connectivity index (χ4n) is 10.7. The van der Waals surface area contributed by atoms with Gasteiger partial charge in [-0.05, 0) is 104 Å². The largest absolute Gasteiger partial charge is 0.455 e. The standard InChI is InChI=1S/C38H42N8O3/c1-2-31(47)43-29-16-23(8-9-30(29)49-28-6-4-3-5-7-28)34-33-35(39)41-22-42-36(33)46(44-34)27-10-13-45(14-11-27)15-12-40-32(48)21-37-19-25-17-24-18-26(20-37)38(24,25)37/h2-9,16,22,24-27H,1,10-15,17-21H2,(H,40,48)(H,43,47)(H2,39,41,42). The second kappa shape index (κ2) is 11.4. The highest BCUT2D eigenvalue weighted by Crippen LogP contribution is 2.93. The van der Waals surface area contributed by atoms with Gasteiger partial charge in [-0.1, -0.05) is 24.8 Å². The van der Waals surface area contributed by atoms with Gasteiger partial charge in [0.2, 0.25) is 11.8 Å². The van der Waals surface area contributed by atoms with Gasteiger partial charge >= 0.3 is 0 Å². The van der Waals surface area contributed by atoms with Gasteiger partial charge in [-0.2, -0.15) is 5.10 Å². The molecule has 2 aromatic heterocycles. The summed E-state index contributed by atoms with van der Waals surface area (Å²) in [7, 11) is 0. The number of para-hydroxylation sites is 1. The fourth-order valence-corrected chi connectivity index (χ4v) is 10.7. The Hall–Kier alpha value is -4.77. The number of nitrogen functional groups attached to an aromatic ring is 1. The molecular weight excluding hydrogens is 616 g/mol. The van der Waals surface area contributed by atoms with E-state index in [0.29, 0.717) is 57.1 Å². The molecule has 4 aliphatic carbocycles. The van der Waals surface area contributed by atoms with Crippen molar-refractivity contribution in [2.75, 3.05) is 37.2 Å². The van der Waals surface area contributed by atoms with Crippen molar-refractivity contribution in [3.63, 3.8) is 0 Å². The van der Waals surface area contributed by atoms with Gasteiger partial charge in [0.1, 0.15) is 23.6 Å². The summed E-state index contributed by atoms with van der Waals surface area (Å²) in [4.78, 5) is 36.7. The summed E-state index contributed by atoms with van der Waals surface area (Å²) in [6.45, 7) is 6.94. The maximum Gasteiger partial charge on any atom is 0.247 e. The predicted octanol–water partition coefficient (Wildman–Crippen LogP) is 5.57. The Labute approximate surface area is 285 Å². The lowest BCUT2D eigenvalue weighted by Crippen LogP contribution is -2.85. The number of carbonyl (C=O) groups is 2. The van der Waals surface area contributed by atoms with E-state index in [2.05, 4.69) is 32.1 Å². The molecule has 252 valence electrons. The number of amides is 2. The number of piperidine rings is 1. The smallest absolute Gasteiger partial charge is 0.247 e. The van der Waals surface area contributed by atoms with Crippen LogP contribution < -0.4 is 21.1 Å². The third kappa shape index (κ3) is 4.61. The number of carbonyl (C=O) groups excluding carboxylic acids is 2. The van der Waals surface area contributed by atoms with Gasteiger partial charge in [-0.25, -0.2) is 14.6 Å². The van der Waals surface area contributed by atoms with Crippen LogP contribution in [0, 0.1) is 28.6 Å². The number of ether oxygens (including phenoxy) is 1. The topological polar surface area (TPSA) is 140 Å². The van der Waals surface area contributed by atoms with E-state index in [9.17, 15) is 9.59 Å². The molecule has 4 aromatic rings. The van der Waals surface area contributed by atoms with E-state index in [1.165, 1.54) is 38.1 Å². The molecular formula is C38H42N8O3. The minimum Gasteiger partial charge on any atom is -0.455 e. The zero-order chi connectivity index (χ0) is 33.3. The van der Waals surface area contributed by atoms with Crippen molar-refractivity contribution in [1.82, 2.24) is 30.0 Å². The van der Waals surface area contributed by atoms with Crippen LogP contribution in [0.25, 0.3) is 22.3 Å². The van der Waals surface area contributed by atoms with Gasteiger partial charge in [0.25, 0.3) is 0 Å². The molecule has 2 atom stereocenters. The van der Waals surface area contributed by atoms with Gasteiger partial charge in [-0.15, -0.1) is 0 Å². The molecule has 0 bridgehead atoms. The Morgan fingerprint density at radius 1 is 1.04 bits per heavy atom. The summed E-state index contributed by atoms with van der Waals surface area (Å²) in [5, 5.41) is 11.9. The summed E-state index contributed by atoms with van der Waals surface area (Å²) < 4.78 is 8.10. The van der Waals surface area contributed by atoms with Crippen LogP contribution in [0.4, 0.5) is 11.5 Å². The zero-order valence-corrected chi connectivity index (χ0v) is 27.6. The number of aromatic nitrogens is 4. The van der Waals surface area contributed by atoms with Crippen LogP contribution in [0.5, 0.6) is 11.5 Å². The second-order valence-electron chi connectivity index (χ2n) is 14.9. The average molecular weight is 659 g/mol. The highest BCUT2D eigenvalue weighted by atomic mass is 16.5. The highest BCUT2D eigenvalue weighted by Gasteiger charge is 2.87. The number of hydrogen-bond donors (Lipinski definition) is 3. The Balaban J connectivity index is 0.874. The van der Waals surface area contributed by atoms with Crippen LogP contribution >= 0.6 is 0 Å². The second-order valence-corrected chi connectivity index (χ2v) is 14.9. The van der Waals surface area contributed by atoms with Crippen molar-refractivity contribution in [3.05, 3.63) is 67.5 Å². The van der Waals surface area contributed by atoms with Crippen molar-refractivity contribution < 1.29 is 14.3 Å². The molecule has 2 unspecified atom stereocenters. The van der Waals surface area contributed by atoms with Crippen LogP contribution in [-0.4, -0.2) is 62.6 Å². The van der Waals surface area contributed by atoms with Crippen LogP contribution in [-0.2, 0) is 9.59 Å². The maximum atomic E-state index is 13.0. The van der Waals surface area contributed by atoms with Gasteiger partial charge in [0, 0.05) is 38.2 Å². The lowest BCUT2D eigenvalue weighted by atomic mass is 9.13. The van der Waals surface area contributed by atoms with Crippen LogP contribution in [0.2, 0.25) is 0 Å². The van der Waals surface area contributed by atoms with Crippen LogP contribution in [0.3, 0.4) is 0 Å². The number of fused-ring (bicyclic) bond motifs is 1. The number of nitrogens with zero attached hydrogens (tertiary/aromatic N) is 5. The van der Waals surface area contributed by atoms with Gasteiger partial charge in [0.05, 0.1) is 17.1 Å². The number of benzene rings is 2. The van der Waals surface area contributed by atoms with Crippen molar-refractivity contribution in [3.8, 4) is 22.8 Å². The minimum absolute atomic E-state index is 0.131. The van der Waals surface area contributed by atoms with E-state index in [1.807, 2.05) is 53.2 Å². The van der Waals surface area contributed by atoms with Gasteiger partial charge in [0.15, 0.2) is 11.4 Å². The van der Waals surface area contributed by atoms with E-state index in [1.54, 1.807) is 0 Å². The molecule has 4 saturated carbocycles. The van der Waals surface area contributed by atoms with Crippen LogP contribution in [0.1, 0.15) is 51.0 Å². The molecule has 1 spiro atoms. The molecule has 3 heterocycles. The van der Waals surface area contributed by atoms with Crippen molar-refractivity contribution in [1.29, 1.82) is 0 Å². The third-order valence-electron chi connectivity index (χ3n) is 12.7. The number of likely N-dealkylation sites (tertiary alicyclic amines) is 1. The summed E-state index contributed by atoms with van der Waals surface area (Å²) >= 11 is 0. The molecule has 1 aliphatic heterocycles. The molecule has 49 heavy (non-hydrogen) atoms. The van der Waals surface area contributed by atoms with E-state index in [4.69, 9.17) is 15.6 Å². The lowest BCUT2D eigenvalue weighted by Gasteiger charge is -2.91. The molecule has 9 rings (SSSR count). The zero-order valence-electron chi connectivity index (χ0n) is 27.6. The van der Waals surface area contributed by atoms with Crippen molar-refractivity contribution in [2.45, 2.75) is 51.0 Å². The summed E-state index contributed by atoms with van der Waals surface area (Å²) in [5.74, 6) is 4.19. The van der Waals surface area contributed by atoms with Crippen LogP contribution in [0.15, 0.2) is 67.5 Å². The van der Waals surface area contributed by atoms with E-state index >= 15 is 0 Å². The van der Waals surface area contributed by atoms with Gasteiger partial charge < -0.3 is 26.0 Å². The predicted molar refractivity (Wildman–Crippen MR) is 187 cm³/mol. The molecule has 0 radical (unpaired) electrons. The first-order chi connectivity index (χ1) is 23.9. The number of nitrogens with two attached hydrogens (primary N) is 1. The van der Waals surface area contributed by atoms with Crippen molar-refractivity contribution >= 4 is 34.4 Å².